The van der Waals surface area contributed by atoms with Gasteiger partial charge in [-0.1, -0.05) is 97.8 Å². The van der Waals surface area contributed by atoms with Crippen LogP contribution in [0, 0.1) is 13.8 Å². The van der Waals surface area contributed by atoms with Crippen LogP contribution in [-0.2, 0) is 16.0 Å². The third kappa shape index (κ3) is 8.57. The predicted molar refractivity (Wildman–Crippen MR) is 209 cm³/mol. The van der Waals surface area contributed by atoms with E-state index in [4.69, 9.17) is 17.2 Å². The summed E-state index contributed by atoms with van der Waals surface area (Å²) in [6, 6.07) is 64.2. The topological polar surface area (TPSA) is 0 Å². The van der Waals surface area contributed by atoms with Crippen molar-refractivity contribution in [3.8, 4) is 22.3 Å². The Kier molecular flexibility index (Phi) is 12.0. The van der Waals surface area contributed by atoms with E-state index in [2.05, 4.69) is 184 Å². The standard InChI is InChI=1S/2C16H13.C12H10Ge.2ClH.Hf/c2*1-12-10-14-8-5-9-15(16(14)11-12)13-6-3-2-4-7-13;1-3-7-11(8-4-1)13-12-9-5-2-6-10-12;;;/h2*2-11H,1H3;1-10H;2*1H;/q2*-1;;;;+2/p-2. The molecule has 0 aromatic heterocycles. The summed E-state index contributed by atoms with van der Waals surface area (Å²) in [5, 5.41) is 5.37. The van der Waals surface area contributed by atoms with Crippen molar-refractivity contribution >= 4 is 57.5 Å². The second-order valence-electron chi connectivity index (χ2n) is 11.8. The molecule has 4 heteroatoms. The van der Waals surface area contributed by atoms with E-state index in [0.717, 1.165) is 0 Å². The van der Waals surface area contributed by atoms with E-state index in [-0.39, 0.29) is 0 Å². The molecule has 0 saturated heterocycles. The van der Waals surface area contributed by atoms with Gasteiger partial charge in [0.2, 0.25) is 0 Å². The van der Waals surface area contributed by atoms with Crippen LogP contribution in [-0.4, -0.2) is 10.1 Å². The average Bonchev–Trinajstić information content (AvgIpc) is 3.71. The molecule has 0 bridgehead atoms. The summed E-state index contributed by atoms with van der Waals surface area (Å²) in [7, 11) is 11.1. The monoisotopic (exact) mass is 888 g/mol. The van der Waals surface area contributed by atoms with Crippen molar-refractivity contribution in [3.05, 3.63) is 193 Å². The number of aryl methyl sites for hydroxylation is 2. The van der Waals surface area contributed by atoms with Crippen molar-refractivity contribution in [2.75, 3.05) is 0 Å². The van der Waals surface area contributed by atoms with Gasteiger partial charge in [0, 0.05) is 0 Å². The van der Waals surface area contributed by atoms with E-state index in [9.17, 15) is 0 Å². The molecular formula is C44H36Cl2GeHf-2. The Bertz CT molecular complexity index is 2090. The number of hydrogen-bond acceptors (Lipinski definition) is 0. The van der Waals surface area contributed by atoms with Gasteiger partial charge >= 0.3 is 113 Å². The molecule has 0 spiro atoms. The van der Waals surface area contributed by atoms with Crippen LogP contribution in [0.4, 0.5) is 0 Å². The summed E-state index contributed by atoms with van der Waals surface area (Å²) in [6.45, 7) is 4.30. The quantitative estimate of drug-likeness (QED) is 0.122. The normalized spacial score (nSPS) is 10.5. The molecule has 48 heavy (non-hydrogen) atoms. The van der Waals surface area contributed by atoms with E-state index in [1.807, 2.05) is 12.1 Å². The molecule has 8 rings (SSSR count). The fourth-order valence-electron chi connectivity index (χ4n) is 6.10. The first-order chi connectivity index (χ1) is 23.5. The van der Waals surface area contributed by atoms with Crippen LogP contribution in [0.5, 0.6) is 0 Å². The Labute approximate surface area is 300 Å². The first kappa shape index (κ1) is 34.4. The van der Waals surface area contributed by atoms with Crippen molar-refractivity contribution in [1.29, 1.82) is 0 Å². The van der Waals surface area contributed by atoms with Crippen LogP contribution in [0.2, 0.25) is 0 Å². The van der Waals surface area contributed by atoms with Gasteiger partial charge in [0.15, 0.2) is 0 Å². The summed E-state index contributed by atoms with van der Waals surface area (Å²) < 4.78 is 2.81. The molecule has 0 N–H and O–H groups in total. The molecule has 8 aromatic rings. The van der Waals surface area contributed by atoms with Gasteiger partial charge in [0.1, 0.15) is 0 Å². The van der Waals surface area contributed by atoms with Gasteiger partial charge in [-0.15, -0.1) is 69.1 Å². The first-order valence-corrected chi connectivity index (χ1v) is 37.5. The van der Waals surface area contributed by atoms with Crippen molar-refractivity contribution in [1.82, 2.24) is 0 Å². The third-order valence-electron chi connectivity index (χ3n) is 8.27. The second-order valence-corrected chi connectivity index (χ2v) is 54.2. The minimum absolute atomic E-state index is 1.29. The molecule has 0 unspecified atom stereocenters. The predicted octanol–water partition coefficient (Wildman–Crippen LogP) is 11.8. The Morgan fingerprint density at radius 1 is 0.438 bits per heavy atom. The van der Waals surface area contributed by atoms with E-state index in [0.29, 0.717) is 0 Å². The van der Waals surface area contributed by atoms with Crippen LogP contribution in [0.25, 0.3) is 43.8 Å². The summed E-state index contributed by atoms with van der Waals surface area (Å²) >= 11 is -2.35. The maximum absolute atomic E-state index is 6.37. The maximum atomic E-state index is 6.37. The van der Waals surface area contributed by atoms with Crippen LogP contribution in [0.15, 0.2) is 182 Å². The van der Waals surface area contributed by atoms with Crippen LogP contribution in [0.3, 0.4) is 0 Å². The average molecular weight is 887 g/mol. The molecule has 0 saturated carbocycles. The Hall–Kier alpha value is -3.47. The molecular weight excluding hydrogens is 850 g/mol. The number of rotatable bonds is 4. The van der Waals surface area contributed by atoms with Gasteiger partial charge in [-0.2, -0.15) is 12.1 Å². The van der Waals surface area contributed by atoms with E-state index in [1.54, 1.807) is 0 Å². The van der Waals surface area contributed by atoms with Gasteiger partial charge in [0.25, 0.3) is 0 Å². The Morgan fingerprint density at radius 3 is 1.15 bits per heavy atom. The van der Waals surface area contributed by atoms with E-state index < -0.39 is 26.0 Å². The summed E-state index contributed by atoms with van der Waals surface area (Å²) in [5.74, 6) is 0. The van der Waals surface area contributed by atoms with Gasteiger partial charge in [0.05, 0.1) is 0 Å². The fourth-order valence-corrected chi connectivity index (χ4v) is 42.9. The summed E-state index contributed by atoms with van der Waals surface area (Å²) in [5.41, 5.74) is 7.89. The second kappa shape index (κ2) is 16.8. The van der Waals surface area contributed by atoms with Crippen molar-refractivity contribution in [2.24, 2.45) is 0 Å². The molecule has 0 atom stereocenters. The molecule has 0 fully saturated rings. The molecule has 236 valence electrons. The molecule has 8 aromatic carbocycles. The Balaban J connectivity index is 0.000000125. The van der Waals surface area contributed by atoms with Crippen molar-refractivity contribution in [3.63, 3.8) is 0 Å². The van der Waals surface area contributed by atoms with Crippen LogP contribution >= 0.6 is 17.2 Å². The molecule has 0 aliphatic heterocycles. The summed E-state index contributed by atoms with van der Waals surface area (Å²) in [6.07, 6.45) is 0. The van der Waals surface area contributed by atoms with Gasteiger partial charge in [-0.25, -0.2) is 0 Å². The zero-order chi connectivity index (χ0) is 33.3. The third-order valence-corrected chi connectivity index (χ3v) is 46.8. The molecule has 0 aliphatic carbocycles. The fraction of sp³-hybridized carbons (Fsp3) is 0.0455. The van der Waals surface area contributed by atoms with Gasteiger partial charge < -0.3 is 0 Å². The SMILES string of the molecule is Cc1cc2c(-c3ccccc3)cccc2[cH-]1.Cc1cc2c(-c3ccccc3)cccc2[cH-]1.[Cl][Hf]([Cl])=[Ge]([c]1ccccc1)[c]1ccccc1. The van der Waals surface area contributed by atoms with E-state index >= 15 is 0 Å². The number of benzene rings is 6. The molecule has 0 heterocycles. The van der Waals surface area contributed by atoms with Crippen molar-refractivity contribution in [2.45, 2.75) is 13.8 Å². The number of fused-ring (bicyclic) bond motifs is 2. The van der Waals surface area contributed by atoms with E-state index in [1.165, 1.54) is 63.7 Å². The van der Waals surface area contributed by atoms with Gasteiger partial charge in [-0.3, -0.25) is 0 Å². The molecule has 0 amide bonds. The van der Waals surface area contributed by atoms with Gasteiger partial charge in [-0.05, 0) is 11.1 Å². The number of hydrogen-bond donors (Lipinski definition) is 0. The number of halogens is 2. The zero-order valence-electron chi connectivity index (χ0n) is 27.1. The molecule has 0 radical (unpaired) electrons. The Morgan fingerprint density at radius 2 is 0.792 bits per heavy atom. The van der Waals surface area contributed by atoms with Crippen LogP contribution < -0.4 is 8.79 Å². The summed E-state index contributed by atoms with van der Waals surface area (Å²) in [4.78, 5) is 0. The van der Waals surface area contributed by atoms with Crippen molar-refractivity contribution < 1.29 is 16.0 Å². The molecule has 0 nitrogen and oxygen atoms in total. The first-order valence-electron chi connectivity index (χ1n) is 16.1. The zero-order valence-corrected chi connectivity index (χ0v) is 34.3. The minimum atomic E-state index is -2.35. The molecule has 0 aliphatic rings. The van der Waals surface area contributed by atoms with Crippen LogP contribution in [0.1, 0.15) is 11.1 Å².